The van der Waals surface area contributed by atoms with E-state index in [0.29, 0.717) is 5.82 Å². The molecule has 6 N–H and O–H groups in total. The summed E-state index contributed by atoms with van der Waals surface area (Å²) in [5.74, 6) is -0.536. The number of aromatic nitrogens is 1. The number of primary amides is 2. The lowest BCUT2D eigenvalue weighted by Gasteiger charge is -2.29. The molecule has 1 aliphatic rings. The van der Waals surface area contributed by atoms with E-state index in [1.807, 2.05) is 4.90 Å². The van der Waals surface area contributed by atoms with Crippen LogP contribution in [-0.4, -0.2) is 29.4 Å². The Labute approximate surface area is 117 Å². The smallest absolute Gasteiger partial charge is 0.250 e. The van der Waals surface area contributed by atoms with Gasteiger partial charge in [-0.3, -0.25) is 9.59 Å². The molecule has 0 saturated heterocycles. The van der Waals surface area contributed by atoms with Gasteiger partial charge in [0.2, 0.25) is 5.91 Å². The maximum absolute atomic E-state index is 11.3. The van der Waals surface area contributed by atoms with Gasteiger partial charge >= 0.3 is 0 Å². The molecule has 0 aliphatic heterocycles. The van der Waals surface area contributed by atoms with Crippen LogP contribution >= 0.6 is 0 Å². The lowest BCUT2D eigenvalue weighted by Crippen LogP contribution is -2.40. The van der Waals surface area contributed by atoms with Crippen molar-refractivity contribution in [2.75, 3.05) is 17.2 Å². The predicted octanol–water partition coefficient (Wildman–Crippen LogP) is -0.00300. The number of nitrogens with two attached hydrogens (primary N) is 3. The SMILES string of the molecule is NC(=O)CN(c1cc(C(N)=O)c(N)cn1)C1CCCC1. The highest BCUT2D eigenvalue weighted by Gasteiger charge is 2.25. The fraction of sp³-hybridized carbons (Fsp3) is 0.462. The number of hydrogen-bond acceptors (Lipinski definition) is 5. The van der Waals surface area contributed by atoms with Gasteiger partial charge in [-0.1, -0.05) is 12.8 Å². The maximum Gasteiger partial charge on any atom is 0.250 e. The van der Waals surface area contributed by atoms with Gasteiger partial charge in [0, 0.05) is 6.04 Å². The number of rotatable bonds is 5. The molecule has 2 rings (SSSR count). The number of pyridine rings is 1. The Morgan fingerprint density at radius 1 is 1.30 bits per heavy atom. The molecule has 0 aromatic carbocycles. The van der Waals surface area contributed by atoms with Crippen LogP contribution in [0.2, 0.25) is 0 Å². The molecule has 0 bridgehead atoms. The van der Waals surface area contributed by atoms with E-state index in [1.165, 1.54) is 12.3 Å². The Kier molecular flexibility index (Phi) is 4.07. The quantitative estimate of drug-likeness (QED) is 0.697. The van der Waals surface area contributed by atoms with Gasteiger partial charge in [0.15, 0.2) is 0 Å². The maximum atomic E-state index is 11.3. The molecule has 1 saturated carbocycles. The molecule has 1 aromatic rings. The van der Waals surface area contributed by atoms with Crippen molar-refractivity contribution in [1.82, 2.24) is 4.98 Å². The molecule has 0 atom stereocenters. The zero-order chi connectivity index (χ0) is 14.7. The zero-order valence-corrected chi connectivity index (χ0v) is 11.2. The number of anilines is 2. The van der Waals surface area contributed by atoms with Gasteiger partial charge in [-0.25, -0.2) is 4.98 Å². The summed E-state index contributed by atoms with van der Waals surface area (Å²) in [5.41, 5.74) is 16.7. The molecule has 0 radical (unpaired) electrons. The zero-order valence-electron chi connectivity index (χ0n) is 11.2. The standard InChI is InChI=1S/C13H19N5O2/c14-10-6-17-12(5-9(10)13(16)20)18(7-11(15)19)8-3-1-2-4-8/h5-6,8H,1-4,7,14H2,(H2,15,19)(H2,16,20). The molecule has 1 heterocycles. The van der Waals surface area contributed by atoms with Crippen LogP contribution in [0.1, 0.15) is 36.0 Å². The molecule has 1 fully saturated rings. The van der Waals surface area contributed by atoms with Gasteiger partial charge in [-0.05, 0) is 18.9 Å². The third-order valence-electron chi connectivity index (χ3n) is 3.57. The Bertz CT molecular complexity index is 525. The highest BCUT2D eigenvalue weighted by molar-refractivity contribution is 5.98. The molecular formula is C13H19N5O2. The molecule has 7 heteroatoms. The van der Waals surface area contributed by atoms with Crippen molar-refractivity contribution in [3.8, 4) is 0 Å². The van der Waals surface area contributed by atoms with Gasteiger partial charge in [0.1, 0.15) is 5.82 Å². The lowest BCUT2D eigenvalue weighted by atomic mass is 10.1. The summed E-state index contributed by atoms with van der Waals surface area (Å²) in [5, 5.41) is 0. The van der Waals surface area contributed by atoms with E-state index in [9.17, 15) is 9.59 Å². The molecule has 0 spiro atoms. The third kappa shape index (κ3) is 2.98. The molecule has 108 valence electrons. The summed E-state index contributed by atoms with van der Waals surface area (Å²) >= 11 is 0. The Balaban J connectivity index is 2.34. The van der Waals surface area contributed by atoms with Crippen LogP contribution in [0.5, 0.6) is 0 Å². The van der Waals surface area contributed by atoms with Gasteiger partial charge < -0.3 is 22.1 Å². The van der Waals surface area contributed by atoms with Crippen molar-refractivity contribution >= 4 is 23.3 Å². The van der Waals surface area contributed by atoms with Crippen molar-refractivity contribution in [2.24, 2.45) is 11.5 Å². The molecule has 20 heavy (non-hydrogen) atoms. The average molecular weight is 277 g/mol. The molecule has 0 unspecified atom stereocenters. The summed E-state index contributed by atoms with van der Waals surface area (Å²) in [6.07, 6.45) is 5.56. The number of amides is 2. The number of carbonyl (C=O) groups is 2. The van der Waals surface area contributed by atoms with E-state index >= 15 is 0 Å². The van der Waals surface area contributed by atoms with Crippen LogP contribution in [0.4, 0.5) is 11.5 Å². The van der Waals surface area contributed by atoms with Gasteiger partial charge in [0.25, 0.3) is 5.91 Å². The average Bonchev–Trinajstić information content (AvgIpc) is 2.90. The predicted molar refractivity (Wildman–Crippen MR) is 76.0 cm³/mol. The summed E-state index contributed by atoms with van der Waals surface area (Å²) in [6.45, 7) is 0.0692. The van der Waals surface area contributed by atoms with Crippen molar-refractivity contribution in [1.29, 1.82) is 0 Å². The first-order chi connectivity index (χ1) is 9.49. The van der Waals surface area contributed by atoms with Gasteiger partial charge in [-0.2, -0.15) is 0 Å². The summed E-state index contributed by atoms with van der Waals surface area (Å²) in [6, 6.07) is 1.73. The monoisotopic (exact) mass is 277 g/mol. The summed E-state index contributed by atoms with van der Waals surface area (Å²) in [7, 11) is 0. The van der Waals surface area contributed by atoms with E-state index in [2.05, 4.69) is 4.98 Å². The first-order valence-electron chi connectivity index (χ1n) is 6.59. The molecule has 2 amide bonds. The Morgan fingerprint density at radius 3 is 2.50 bits per heavy atom. The van der Waals surface area contributed by atoms with Crippen molar-refractivity contribution < 1.29 is 9.59 Å². The number of carbonyl (C=O) groups excluding carboxylic acids is 2. The Morgan fingerprint density at radius 2 is 1.95 bits per heavy atom. The van der Waals surface area contributed by atoms with Crippen molar-refractivity contribution in [2.45, 2.75) is 31.7 Å². The second-order valence-corrected chi connectivity index (χ2v) is 5.03. The van der Waals surface area contributed by atoms with Crippen LogP contribution in [0.3, 0.4) is 0 Å². The highest BCUT2D eigenvalue weighted by atomic mass is 16.1. The van der Waals surface area contributed by atoms with Crippen LogP contribution in [0, 0.1) is 0 Å². The van der Waals surface area contributed by atoms with E-state index < -0.39 is 11.8 Å². The molecule has 1 aliphatic carbocycles. The molecule has 1 aromatic heterocycles. The normalized spacial score (nSPS) is 15.2. The minimum absolute atomic E-state index is 0.0692. The van der Waals surface area contributed by atoms with Crippen LogP contribution in [0.15, 0.2) is 12.3 Å². The van der Waals surface area contributed by atoms with Crippen LogP contribution in [0.25, 0.3) is 0 Å². The second kappa shape index (κ2) is 5.77. The van der Waals surface area contributed by atoms with Crippen molar-refractivity contribution in [3.63, 3.8) is 0 Å². The summed E-state index contributed by atoms with van der Waals surface area (Å²) < 4.78 is 0. The topological polar surface area (TPSA) is 128 Å². The van der Waals surface area contributed by atoms with Crippen molar-refractivity contribution in [3.05, 3.63) is 17.8 Å². The number of nitrogen functional groups attached to an aromatic ring is 1. The first-order valence-corrected chi connectivity index (χ1v) is 6.59. The number of nitrogens with zero attached hydrogens (tertiary/aromatic N) is 2. The van der Waals surface area contributed by atoms with Crippen LogP contribution in [-0.2, 0) is 4.79 Å². The molecule has 7 nitrogen and oxygen atoms in total. The van der Waals surface area contributed by atoms with E-state index in [0.717, 1.165) is 25.7 Å². The minimum atomic E-state index is -0.614. The van der Waals surface area contributed by atoms with Crippen LogP contribution < -0.4 is 22.1 Å². The first kappa shape index (κ1) is 14.1. The summed E-state index contributed by atoms with van der Waals surface area (Å²) in [4.78, 5) is 28.6. The minimum Gasteiger partial charge on any atom is -0.397 e. The fourth-order valence-electron chi connectivity index (χ4n) is 2.61. The van der Waals surface area contributed by atoms with E-state index in [-0.39, 0.29) is 23.8 Å². The second-order valence-electron chi connectivity index (χ2n) is 5.03. The van der Waals surface area contributed by atoms with E-state index in [1.54, 1.807) is 0 Å². The third-order valence-corrected chi connectivity index (χ3v) is 3.57. The van der Waals surface area contributed by atoms with E-state index in [4.69, 9.17) is 17.2 Å². The Hall–Kier alpha value is -2.31. The fourth-order valence-corrected chi connectivity index (χ4v) is 2.61. The van der Waals surface area contributed by atoms with Gasteiger partial charge in [0.05, 0.1) is 24.0 Å². The van der Waals surface area contributed by atoms with Gasteiger partial charge in [-0.15, -0.1) is 0 Å². The largest absolute Gasteiger partial charge is 0.397 e. The highest BCUT2D eigenvalue weighted by Crippen LogP contribution is 2.28. The lowest BCUT2D eigenvalue weighted by molar-refractivity contribution is -0.116. The molecular weight excluding hydrogens is 258 g/mol. The number of hydrogen-bond donors (Lipinski definition) is 3.